The Labute approximate surface area is 165 Å². The average Bonchev–Trinajstić information content (AvgIpc) is 2.65. The molecule has 3 rings (SSSR count). The topological polar surface area (TPSA) is 9.23 Å². The lowest BCUT2D eigenvalue weighted by atomic mass is 9.68. The Hall–Kier alpha value is -1.26. The minimum absolute atomic E-state index is 0.00897. The van der Waals surface area contributed by atoms with Crippen molar-refractivity contribution in [3.05, 3.63) is 29.3 Å². The molecule has 0 atom stereocenters. The molecule has 0 aromatic heterocycles. The van der Waals surface area contributed by atoms with Gasteiger partial charge in [-0.1, -0.05) is 6.07 Å². The molecule has 0 unspecified atom stereocenters. The van der Waals surface area contributed by atoms with E-state index < -0.39 is 17.6 Å². The third kappa shape index (κ3) is 5.21. The standard InChI is InChI=1S/C23H32F4O/c1-3-28-20-13-12-19(21(24)22(20)25)18-10-8-17(9-11-18)16-6-4-15(5-7-16)14-23(2,26)27/h12-13,15-18H,3-11,14H2,1-2H3. The zero-order valence-corrected chi connectivity index (χ0v) is 17.0. The van der Waals surface area contributed by atoms with Crippen molar-refractivity contribution < 1.29 is 22.3 Å². The minimum Gasteiger partial charge on any atom is -0.491 e. The highest BCUT2D eigenvalue weighted by atomic mass is 19.3. The maximum Gasteiger partial charge on any atom is 0.245 e. The van der Waals surface area contributed by atoms with Crippen LogP contribution < -0.4 is 4.74 Å². The monoisotopic (exact) mass is 400 g/mol. The van der Waals surface area contributed by atoms with Gasteiger partial charge in [0.15, 0.2) is 11.6 Å². The van der Waals surface area contributed by atoms with E-state index in [1.165, 1.54) is 6.07 Å². The molecule has 28 heavy (non-hydrogen) atoms. The Kier molecular flexibility index (Phi) is 6.93. The highest BCUT2D eigenvalue weighted by Crippen LogP contribution is 2.46. The summed E-state index contributed by atoms with van der Waals surface area (Å²) in [5.74, 6) is -2.84. The molecular weight excluding hydrogens is 368 g/mol. The van der Waals surface area contributed by atoms with Gasteiger partial charge in [0.2, 0.25) is 11.7 Å². The van der Waals surface area contributed by atoms with Gasteiger partial charge in [-0.25, -0.2) is 13.2 Å². The van der Waals surface area contributed by atoms with Gasteiger partial charge in [-0.2, -0.15) is 4.39 Å². The molecule has 1 aromatic carbocycles. The van der Waals surface area contributed by atoms with Gasteiger partial charge in [0, 0.05) is 6.42 Å². The van der Waals surface area contributed by atoms with Crippen molar-refractivity contribution in [3.63, 3.8) is 0 Å². The van der Waals surface area contributed by atoms with E-state index in [1.807, 2.05) is 0 Å². The van der Waals surface area contributed by atoms with Crippen molar-refractivity contribution in [1.82, 2.24) is 0 Å². The lowest BCUT2D eigenvalue weighted by Gasteiger charge is -2.38. The molecule has 0 radical (unpaired) electrons. The van der Waals surface area contributed by atoms with E-state index in [4.69, 9.17) is 4.74 Å². The Morgan fingerprint density at radius 1 is 0.893 bits per heavy atom. The van der Waals surface area contributed by atoms with Crippen molar-refractivity contribution in [2.24, 2.45) is 17.8 Å². The highest BCUT2D eigenvalue weighted by molar-refractivity contribution is 5.33. The van der Waals surface area contributed by atoms with Crippen LogP contribution in [0, 0.1) is 29.4 Å². The summed E-state index contributed by atoms with van der Waals surface area (Å²) in [5, 5.41) is 0. The summed E-state index contributed by atoms with van der Waals surface area (Å²) in [5.41, 5.74) is 0.466. The highest BCUT2D eigenvalue weighted by Gasteiger charge is 2.35. The summed E-state index contributed by atoms with van der Waals surface area (Å²) < 4.78 is 60.2. The second-order valence-electron chi connectivity index (χ2n) is 8.88. The number of alkyl halides is 2. The molecule has 0 heterocycles. The zero-order chi connectivity index (χ0) is 20.3. The maximum absolute atomic E-state index is 14.5. The number of ether oxygens (including phenoxy) is 1. The number of hydrogen-bond donors (Lipinski definition) is 0. The summed E-state index contributed by atoms with van der Waals surface area (Å²) >= 11 is 0. The number of halogens is 4. The first-order valence-electron chi connectivity index (χ1n) is 10.8. The van der Waals surface area contributed by atoms with Gasteiger partial charge < -0.3 is 4.74 Å². The van der Waals surface area contributed by atoms with Gasteiger partial charge in [0.25, 0.3) is 0 Å². The fourth-order valence-electron chi connectivity index (χ4n) is 5.40. The summed E-state index contributed by atoms with van der Waals surface area (Å²) in [6.45, 7) is 3.07. The molecule has 2 fully saturated rings. The first kappa shape index (κ1) is 21.4. The first-order valence-corrected chi connectivity index (χ1v) is 10.8. The Morgan fingerprint density at radius 2 is 1.46 bits per heavy atom. The molecule has 0 amide bonds. The van der Waals surface area contributed by atoms with E-state index in [-0.39, 0.29) is 24.0 Å². The lowest BCUT2D eigenvalue weighted by molar-refractivity contribution is -0.0130. The molecule has 0 aliphatic heterocycles. The van der Waals surface area contributed by atoms with Crippen LogP contribution in [0.25, 0.3) is 0 Å². The largest absolute Gasteiger partial charge is 0.491 e. The average molecular weight is 401 g/mol. The van der Waals surface area contributed by atoms with E-state index >= 15 is 0 Å². The summed E-state index contributed by atoms with van der Waals surface area (Å²) in [6.07, 6.45) is 7.61. The number of hydrogen-bond acceptors (Lipinski definition) is 1. The zero-order valence-electron chi connectivity index (χ0n) is 17.0. The van der Waals surface area contributed by atoms with Gasteiger partial charge in [0.1, 0.15) is 0 Å². The van der Waals surface area contributed by atoms with Crippen molar-refractivity contribution >= 4 is 0 Å². The molecule has 2 saturated carbocycles. The first-order chi connectivity index (χ1) is 13.3. The molecule has 2 aliphatic rings. The summed E-state index contributed by atoms with van der Waals surface area (Å²) in [6, 6.07) is 3.21. The van der Waals surface area contributed by atoms with Gasteiger partial charge in [-0.15, -0.1) is 0 Å². The fourth-order valence-corrected chi connectivity index (χ4v) is 5.40. The van der Waals surface area contributed by atoms with Crippen LogP contribution in [0.15, 0.2) is 12.1 Å². The molecule has 0 saturated heterocycles. The maximum atomic E-state index is 14.5. The SMILES string of the molecule is CCOc1ccc(C2CCC(C3CCC(CC(C)(F)F)CC3)CC2)c(F)c1F. The second-order valence-corrected chi connectivity index (χ2v) is 8.88. The number of rotatable bonds is 6. The quantitative estimate of drug-likeness (QED) is 0.450. The van der Waals surface area contributed by atoms with Crippen LogP contribution in [0.4, 0.5) is 17.6 Å². The number of benzene rings is 1. The Bertz CT molecular complexity index is 639. The molecule has 5 heteroatoms. The van der Waals surface area contributed by atoms with Crippen molar-refractivity contribution in [2.75, 3.05) is 6.61 Å². The van der Waals surface area contributed by atoms with Crippen LogP contribution >= 0.6 is 0 Å². The second kappa shape index (κ2) is 9.04. The van der Waals surface area contributed by atoms with Crippen LogP contribution in [-0.4, -0.2) is 12.5 Å². The molecule has 0 N–H and O–H groups in total. The van der Waals surface area contributed by atoms with Crippen LogP contribution in [0.1, 0.15) is 83.1 Å². The van der Waals surface area contributed by atoms with Crippen LogP contribution in [0.3, 0.4) is 0 Å². The smallest absolute Gasteiger partial charge is 0.245 e. The molecule has 0 spiro atoms. The van der Waals surface area contributed by atoms with E-state index in [0.29, 0.717) is 24.0 Å². The normalized spacial score (nSPS) is 28.9. The summed E-state index contributed by atoms with van der Waals surface area (Å²) in [4.78, 5) is 0. The van der Waals surface area contributed by atoms with Crippen molar-refractivity contribution in [3.8, 4) is 5.75 Å². The van der Waals surface area contributed by atoms with Gasteiger partial charge in [-0.3, -0.25) is 0 Å². The fraction of sp³-hybridized carbons (Fsp3) is 0.739. The predicted molar refractivity (Wildman–Crippen MR) is 103 cm³/mol. The minimum atomic E-state index is -2.56. The van der Waals surface area contributed by atoms with Crippen LogP contribution in [0.5, 0.6) is 5.75 Å². The third-order valence-electron chi connectivity index (χ3n) is 6.79. The van der Waals surface area contributed by atoms with Crippen LogP contribution in [-0.2, 0) is 0 Å². The van der Waals surface area contributed by atoms with E-state index in [0.717, 1.165) is 58.3 Å². The van der Waals surface area contributed by atoms with Gasteiger partial charge in [-0.05, 0) is 101 Å². The molecule has 1 aromatic rings. The van der Waals surface area contributed by atoms with E-state index in [1.54, 1.807) is 13.0 Å². The summed E-state index contributed by atoms with van der Waals surface area (Å²) in [7, 11) is 0. The lowest BCUT2D eigenvalue weighted by Crippen LogP contribution is -2.27. The van der Waals surface area contributed by atoms with E-state index in [2.05, 4.69) is 0 Å². The Balaban J connectivity index is 1.52. The molecule has 1 nitrogen and oxygen atoms in total. The van der Waals surface area contributed by atoms with Crippen molar-refractivity contribution in [1.29, 1.82) is 0 Å². The molecule has 0 bridgehead atoms. The van der Waals surface area contributed by atoms with Crippen molar-refractivity contribution in [2.45, 2.75) is 83.5 Å². The van der Waals surface area contributed by atoms with Gasteiger partial charge in [0.05, 0.1) is 6.61 Å². The predicted octanol–water partition coefficient (Wildman–Crippen LogP) is 7.49. The van der Waals surface area contributed by atoms with Crippen LogP contribution in [0.2, 0.25) is 0 Å². The Morgan fingerprint density at radius 3 is 2.00 bits per heavy atom. The molecule has 2 aliphatic carbocycles. The van der Waals surface area contributed by atoms with E-state index in [9.17, 15) is 17.6 Å². The molecular formula is C23H32F4O. The molecule has 158 valence electrons. The van der Waals surface area contributed by atoms with Gasteiger partial charge >= 0.3 is 0 Å². The third-order valence-corrected chi connectivity index (χ3v) is 6.79.